The molecule has 1 aliphatic heterocycles. The van der Waals surface area contributed by atoms with Gasteiger partial charge in [0.05, 0.1) is 18.6 Å². The third-order valence-electron chi connectivity index (χ3n) is 5.25. The van der Waals surface area contributed by atoms with E-state index < -0.39 is 22.8 Å². The number of nitro benzene ring substituents is 1. The SMILES string of the molecule is COC(=O)[C@H]1Cc2ccccc2CN1CC(=O)Nc1cc(C)c(C)cc1[N+](=O)[O-]. The number of carbonyl (C=O) groups is 2. The Balaban J connectivity index is 1.81. The van der Waals surface area contributed by atoms with E-state index in [1.54, 1.807) is 17.9 Å². The molecule has 0 spiro atoms. The number of benzene rings is 2. The van der Waals surface area contributed by atoms with Gasteiger partial charge < -0.3 is 10.1 Å². The van der Waals surface area contributed by atoms with E-state index in [1.807, 2.05) is 31.2 Å². The molecule has 2 aromatic rings. The largest absolute Gasteiger partial charge is 0.468 e. The number of hydrogen-bond donors (Lipinski definition) is 1. The van der Waals surface area contributed by atoms with Gasteiger partial charge in [-0.1, -0.05) is 24.3 Å². The van der Waals surface area contributed by atoms with Crippen LogP contribution < -0.4 is 5.32 Å². The lowest BCUT2D eigenvalue weighted by atomic mass is 9.94. The number of carbonyl (C=O) groups excluding carboxylic acids is 2. The fraction of sp³-hybridized carbons (Fsp3) is 0.333. The molecule has 0 saturated heterocycles. The van der Waals surface area contributed by atoms with Crippen LogP contribution in [0, 0.1) is 24.0 Å². The Morgan fingerprint density at radius 1 is 1.21 bits per heavy atom. The number of hydrogen-bond acceptors (Lipinski definition) is 6. The Kier molecular flexibility index (Phi) is 5.93. The molecule has 1 N–H and O–H groups in total. The predicted molar refractivity (Wildman–Crippen MR) is 108 cm³/mol. The van der Waals surface area contributed by atoms with Gasteiger partial charge in [0.15, 0.2) is 0 Å². The molecule has 1 atom stereocenters. The van der Waals surface area contributed by atoms with E-state index in [9.17, 15) is 19.7 Å². The molecule has 1 heterocycles. The number of anilines is 1. The average molecular weight is 397 g/mol. The Bertz CT molecular complexity index is 973. The second-order valence-corrected chi connectivity index (χ2v) is 7.18. The predicted octanol–water partition coefficient (Wildman–Crippen LogP) is 2.75. The lowest BCUT2D eigenvalue weighted by molar-refractivity contribution is -0.384. The Labute approximate surface area is 168 Å². The van der Waals surface area contributed by atoms with Gasteiger partial charge in [0.25, 0.3) is 5.69 Å². The van der Waals surface area contributed by atoms with Gasteiger partial charge in [-0.25, -0.2) is 0 Å². The van der Waals surface area contributed by atoms with Crippen LogP contribution in [0.1, 0.15) is 22.3 Å². The summed E-state index contributed by atoms with van der Waals surface area (Å²) in [6.45, 7) is 3.93. The molecule has 1 amide bonds. The van der Waals surface area contributed by atoms with Crippen LogP contribution in [0.15, 0.2) is 36.4 Å². The summed E-state index contributed by atoms with van der Waals surface area (Å²) in [5, 5.41) is 14.0. The summed E-state index contributed by atoms with van der Waals surface area (Å²) in [6.07, 6.45) is 0.444. The van der Waals surface area contributed by atoms with Crippen LogP contribution in [-0.4, -0.2) is 41.4 Å². The molecular formula is C21H23N3O5. The number of ether oxygens (including phenoxy) is 1. The summed E-state index contributed by atoms with van der Waals surface area (Å²) in [6, 6.07) is 10.2. The van der Waals surface area contributed by atoms with Crippen LogP contribution in [-0.2, 0) is 27.3 Å². The standard InChI is InChI=1S/C21H23N3O5/c1-13-8-17(18(24(27)28)9-14(13)2)22-20(25)12-23-11-16-7-5-4-6-15(16)10-19(23)21(26)29-3/h4-9,19H,10-12H2,1-3H3,(H,22,25)/t19-/m1/s1. The minimum atomic E-state index is -0.588. The van der Waals surface area contributed by atoms with Gasteiger partial charge in [-0.3, -0.25) is 24.6 Å². The second-order valence-electron chi connectivity index (χ2n) is 7.18. The number of esters is 1. The molecule has 0 bridgehead atoms. The molecule has 0 saturated carbocycles. The minimum Gasteiger partial charge on any atom is -0.468 e. The molecule has 0 aromatic heterocycles. The third-order valence-corrected chi connectivity index (χ3v) is 5.25. The molecule has 0 aliphatic carbocycles. The number of amides is 1. The highest BCUT2D eigenvalue weighted by atomic mass is 16.6. The zero-order chi connectivity index (χ0) is 21.1. The topological polar surface area (TPSA) is 102 Å². The van der Waals surface area contributed by atoms with E-state index in [0.29, 0.717) is 13.0 Å². The van der Waals surface area contributed by atoms with Gasteiger partial charge in [-0.05, 0) is 48.6 Å². The highest BCUT2D eigenvalue weighted by Crippen LogP contribution is 2.28. The maximum absolute atomic E-state index is 12.7. The smallest absolute Gasteiger partial charge is 0.323 e. The first-order chi connectivity index (χ1) is 13.8. The van der Waals surface area contributed by atoms with Crippen molar-refractivity contribution in [3.8, 4) is 0 Å². The number of aryl methyl sites for hydroxylation is 2. The van der Waals surface area contributed by atoms with Gasteiger partial charge in [-0.15, -0.1) is 0 Å². The van der Waals surface area contributed by atoms with Gasteiger partial charge in [0, 0.05) is 12.6 Å². The Morgan fingerprint density at radius 2 is 1.86 bits per heavy atom. The van der Waals surface area contributed by atoms with Gasteiger partial charge in [0.1, 0.15) is 11.7 Å². The molecule has 1 aliphatic rings. The maximum atomic E-state index is 12.7. The van der Waals surface area contributed by atoms with E-state index in [2.05, 4.69) is 5.32 Å². The molecule has 0 fully saturated rings. The highest BCUT2D eigenvalue weighted by Gasteiger charge is 2.33. The fourth-order valence-electron chi connectivity index (χ4n) is 3.54. The van der Waals surface area contributed by atoms with Crippen LogP contribution in [0.4, 0.5) is 11.4 Å². The lowest BCUT2D eigenvalue weighted by Crippen LogP contribution is -2.49. The molecule has 8 nitrogen and oxygen atoms in total. The number of fused-ring (bicyclic) bond motifs is 1. The van der Waals surface area contributed by atoms with Crippen molar-refractivity contribution in [2.75, 3.05) is 19.0 Å². The van der Waals surface area contributed by atoms with Crippen LogP contribution >= 0.6 is 0 Å². The summed E-state index contributed by atoms with van der Waals surface area (Å²) in [5.74, 6) is -0.839. The van der Waals surface area contributed by atoms with Crippen molar-refractivity contribution in [1.82, 2.24) is 4.90 Å². The summed E-state index contributed by atoms with van der Waals surface area (Å²) >= 11 is 0. The van der Waals surface area contributed by atoms with Crippen molar-refractivity contribution < 1.29 is 19.2 Å². The molecule has 8 heteroatoms. The van der Waals surface area contributed by atoms with Crippen molar-refractivity contribution >= 4 is 23.3 Å². The first-order valence-corrected chi connectivity index (χ1v) is 9.24. The van der Waals surface area contributed by atoms with E-state index >= 15 is 0 Å². The van der Waals surface area contributed by atoms with E-state index in [1.165, 1.54) is 13.2 Å². The molecule has 152 valence electrons. The summed E-state index contributed by atoms with van der Waals surface area (Å²) in [7, 11) is 1.32. The quantitative estimate of drug-likeness (QED) is 0.473. The van der Waals surface area contributed by atoms with Crippen molar-refractivity contribution in [2.45, 2.75) is 32.9 Å². The van der Waals surface area contributed by atoms with Crippen molar-refractivity contribution in [1.29, 1.82) is 0 Å². The molecule has 29 heavy (non-hydrogen) atoms. The van der Waals surface area contributed by atoms with E-state index in [4.69, 9.17) is 4.74 Å². The third kappa shape index (κ3) is 4.43. The van der Waals surface area contributed by atoms with Crippen LogP contribution in [0.3, 0.4) is 0 Å². The van der Waals surface area contributed by atoms with Crippen molar-refractivity contribution in [3.63, 3.8) is 0 Å². The first kappa shape index (κ1) is 20.5. The molecule has 0 unspecified atom stereocenters. The summed E-state index contributed by atoms with van der Waals surface area (Å²) < 4.78 is 4.91. The number of rotatable bonds is 5. The lowest BCUT2D eigenvalue weighted by Gasteiger charge is -2.34. The normalized spacial score (nSPS) is 16.0. The number of methoxy groups -OCH3 is 1. The van der Waals surface area contributed by atoms with Crippen LogP contribution in [0.25, 0.3) is 0 Å². The molecule has 3 rings (SSSR count). The Hall–Kier alpha value is -3.26. The number of nitrogens with one attached hydrogen (secondary N) is 1. The monoisotopic (exact) mass is 397 g/mol. The summed E-state index contributed by atoms with van der Waals surface area (Å²) in [5.41, 5.74) is 3.69. The van der Waals surface area contributed by atoms with E-state index in [0.717, 1.165) is 22.3 Å². The maximum Gasteiger partial charge on any atom is 0.323 e. The zero-order valence-corrected chi connectivity index (χ0v) is 16.6. The Morgan fingerprint density at radius 3 is 2.52 bits per heavy atom. The summed E-state index contributed by atoms with van der Waals surface area (Å²) in [4.78, 5) is 37.5. The van der Waals surface area contributed by atoms with Crippen LogP contribution in [0.5, 0.6) is 0 Å². The zero-order valence-electron chi connectivity index (χ0n) is 16.6. The van der Waals surface area contributed by atoms with Gasteiger partial charge in [0.2, 0.25) is 5.91 Å². The van der Waals surface area contributed by atoms with Crippen molar-refractivity contribution in [2.24, 2.45) is 0 Å². The molecular weight excluding hydrogens is 374 g/mol. The second kappa shape index (κ2) is 8.40. The highest BCUT2D eigenvalue weighted by molar-refractivity contribution is 5.95. The number of nitrogens with zero attached hydrogens (tertiary/aromatic N) is 2. The van der Waals surface area contributed by atoms with Crippen molar-refractivity contribution in [3.05, 3.63) is 68.8 Å². The molecule has 0 radical (unpaired) electrons. The van der Waals surface area contributed by atoms with E-state index in [-0.39, 0.29) is 17.9 Å². The number of nitro groups is 1. The van der Waals surface area contributed by atoms with Crippen LogP contribution in [0.2, 0.25) is 0 Å². The first-order valence-electron chi connectivity index (χ1n) is 9.24. The van der Waals surface area contributed by atoms with Gasteiger partial charge in [-0.2, -0.15) is 0 Å². The fourth-order valence-corrected chi connectivity index (χ4v) is 3.54. The van der Waals surface area contributed by atoms with Gasteiger partial charge >= 0.3 is 5.97 Å². The minimum absolute atomic E-state index is 0.0851. The average Bonchev–Trinajstić information content (AvgIpc) is 2.69. The molecule has 2 aromatic carbocycles.